The predicted octanol–water partition coefficient (Wildman–Crippen LogP) is 1.01. The van der Waals surface area contributed by atoms with Crippen LogP contribution >= 0.6 is 0 Å². The van der Waals surface area contributed by atoms with Crippen LogP contribution in [-0.4, -0.2) is 27.6 Å². The van der Waals surface area contributed by atoms with Crippen molar-refractivity contribution in [3.63, 3.8) is 0 Å². The van der Waals surface area contributed by atoms with Gasteiger partial charge in [-0.3, -0.25) is 0 Å². The summed E-state index contributed by atoms with van der Waals surface area (Å²) in [5.41, 5.74) is 7.35. The molecular weight excluding hydrogens is 258 g/mol. The minimum absolute atomic E-state index is 0.0667. The molecule has 0 saturated heterocycles. The van der Waals surface area contributed by atoms with Gasteiger partial charge in [-0.2, -0.15) is 5.26 Å². The summed E-state index contributed by atoms with van der Waals surface area (Å²) >= 11 is 0. The molecule has 0 saturated carbocycles. The van der Waals surface area contributed by atoms with Crippen LogP contribution in [0.4, 0.5) is 0 Å². The number of hydrogen-bond acceptors (Lipinski definition) is 6. The van der Waals surface area contributed by atoms with Crippen molar-refractivity contribution in [2.24, 2.45) is 5.73 Å². The minimum atomic E-state index is -0.605. The maximum Gasteiger partial charge on any atom is 0.358 e. The number of allylic oxidation sites excluding steroid dienone is 1. The van der Waals surface area contributed by atoms with Gasteiger partial charge in [-0.25, -0.2) is 9.48 Å². The van der Waals surface area contributed by atoms with Crippen molar-refractivity contribution in [3.8, 4) is 6.07 Å². The summed E-state index contributed by atoms with van der Waals surface area (Å²) in [5.74, 6) is -0.605. The third kappa shape index (κ3) is 2.19. The van der Waals surface area contributed by atoms with Gasteiger partial charge in [0.15, 0.2) is 5.70 Å². The average Bonchev–Trinajstić information content (AvgIpc) is 2.83. The predicted molar refractivity (Wildman–Crippen MR) is 72.0 cm³/mol. The number of para-hydroxylation sites is 1. The Kier molecular flexibility index (Phi) is 3.66. The number of carbonyl (C=O) groups is 1. The van der Waals surface area contributed by atoms with Crippen molar-refractivity contribution < 1.29 is 9.53 Å². The lowest BCUT2D eigenvalue weighted by Gasteiger charge is -2.09. The Morgan fingerprint density at radius 2 is 2.30 bits per heavy atom. The van der Waals surface area contributed by atoms with E-state index in [2.05, 4.69) is 10.3 Å². The van der Waals surface area contributed by atoms with E-state index in [1.807, 2.05) is 6.07 Å². The third-order valence-corrected chi connectivity index (χ3v) is 2.64. The maximum atomic E-state index is 12.0. The highest BCUT2D eigenvalue weighted by molar-refractivity contribution is 6.12. The number of esters is 1. The Bertz CT molecular complexity index is 735. The Labute approximate surface area is 115 Å². The molecule has 2 rings (SSSR count). The van der Waals surface area contributed by atoms with Gasteiger partial charge in [-0.15, -0.1) is 5.10 Å². The first-order chi connectivity index (χ1) is 9.60. The fourth-order valence-electron chi connectivity index (χ4n) is 1.83. The number of ether oxygens (including phenoxy) is 1. The van der Waals surface area contributed by atoms with Crippen LogP contribution < -0.4 is 5.73 Å². The van der Waals surface area contributed by atoms with Crippen LogP contribution in [0.5, 0.6) is 0 Å². The second-order valence-electron chi connectivity index (χ2n) is 4.04. The molecule has 2 N–H and O–H groups in total. The van der Waals surface area contributed by atoms with E-state index in [-0.39, 0.29) is 18.0 Å². The van der Waals surface area contributed by atoms with E-state index in [0.29, 0.717) is 16.6 Å². The molecule has 1 heterocycles. The zero-order chi connectivity index (χ0) is 14.7. The van der Waals surface area contributed by atoms with E-state index < -0.39 is 5.97 Å². The molecule has 20 heavy (non-hydrogen) atoms. The van der Waals surface area contributed by atoms with E-state index in [9.17, 15) is 4.79 Å². The Balaban J connectivity index is 2.71. The molecule has 0 amide bonds. The molecule has 1 aromatic heterocycles. The maximum absolute atomic E-state index is 12.0. The number of nitrogens with zero attached hydrogens (tertiary/aromatic N) is 4. The molecule has 7 nitrogen and oxygen atoms in total. The monoisotopic (exact) mass is 271 g/mol. The zero-order valence-electron chi connectivity index (χ0n) is 11.1. The molecule has 0 aliphatic carbocycles. The van der Waals surface area contributed by atoms with Gasteiger partial charge in [0.05, 0.1) is 12.2 Å². The highest BCUT2D eigenvalue weighted by Crippen LogP contribution is 2.21. The average molecular weight is 271 g/mol. The van der Waals surface area contributed by atoms with Gasteiger partial charge < -0.3 is 10.5 Å². The number of aromatic nitrogens is 3. The largest absolute Gasteiger partial charge is 0.461 e. The number of hydrogen-bond donors (Lipinski definition) is 1. The lowest BCUT2D eigenvalue weighted by Crippen LogP contribution is -2.18. The molecule has 2 aromatic rings. The lowest BCUT2D eigenvalue weighted by atomic mass is 10.2. The SMILES string of the molecule is CCOC(=O)/C(=C(/C)N)n1nnc2cccc(C#N)c21. The molecule has 0 aliphatic heterocycles. The number of rotatable bonds is 3. The molecule has 0 radical (unpaired) electrons. The number of fused-ring (bicyclic) bond motifs is 1. The molecule has 0 bridgehead atoms. The van der Waals surface area contributed by atoms with Gasteiger partial charge >= 0.3 is 5.97 Å². The molecule has 0 fully saturated rings. The molecule has 0 atom stereocenters. The second-order valence-corrected chi connectivity index (χ2v) is 4.04. The van der Waals surface area contributed by atoms with Crippen molar-refractivity contribution in [2.45, 2.75) is 13.8 Å². The Hall–Kier alpha value is -2.88. The first-order valence-corrected chi connectivity index (χ1v) is 5.98. The zero-order valence-corrected chi connectivity index (χ0v) is 11.1. The molecular formula is C13H13N5O2. The summed E-state index contributed by atoms with van der Waals surface area (Å²) in [5, 5.41) is 17.0. The molecule has 0 spiro atoms. The summed E-state index contributed by atoms with van der Waals surface area (Å²) in [6.07, 6.45) is 0. The van der Waals surface area contributed by atoms with E-state index >= 15 is 0 Å². The van der Waals surface area contributed by atoms with Crippen molar-refractivity contribution in [1.29, 1.82) is 5.26 Å². The summed E-state index contributed by atoms with van der Waals surface area (Å²) < 4.78 is 6.21. The number of nitriles is 1. The minimum Gasteiger partial charge on any atom is -0.461 e. The van der Waals surface area contributed by atoms with Crippen LogP contribution in [0, 0.1) is 11.3 Å². The highest BCUT2D eigenvalue weighted by Gasteiger charge is 2.21. The van der Waals surface area contributed by atoms with Gasteiger partial charge in [0.1, 0.15) is 17.1 Å². The Morgan fingerprint density at radius 1 is 1.55 bits per heavy atom. The van der Waals surface area contributed by atoms with Crippen molar-refractivity contribution in [2.75, 3.05) is 6.61 Å². The van der Waals surface area contributed by atoms with E-state index in [1.165, 1.54) is 4.68 Å². The van der Waals surface area contributed by atoms with Gasteiger partial charge in [-0.05, 0) is 26.0 Å². The van der Waals surface area contributed by atoms with Crippen LogP contribution in [0.15, 0.2) is 23.9 Å². The lowest BCUT2D eigenvalue weighted by molar-refractivity contribution is -0.136. The van der Waals surface area contributed by atoms with E-state index in [1.54, 1.807) is 32.0 Å². The van der Waals surface area contributed by atoms with Crippen LogP contribution in [0.25, 0.3) is 16.7 Å². The standard InChI is InChI=1S/C13H13N5O2/c1-3-20-13(19)11(8(2)15)18-12-9(7-14)5-4-6-10(12)16-17-18/h4-6H,3,15H2,1-2H3/b11-8+. The van der Waals surface area contributed by atoms with Crippen LogP contribution in [0.2, 0.25) is 0 Å². The highest BCUT2D eigenvalue weighted by atomic mass is 16.5. The van der Waals surface area contributed by atoms with Gasteiger partial charge in [0.2, 0.25) is 0 Å². The molecule has 7 heteroatoms. The number of nitrogens with two attached hydrogens (primary N) is 1. The topological polar surface area (TPSA) is 107 Å². The quantitative estimate of drug-likeness (QED) is 0.659. The fraction of sp³-hybridized carbons (Fsp3) is 0.231. The first-order valence-electron chi connectivity index (χ1n) is 5.98. The summed E-state index contributed by atoms with van der Waals surface area (Å²) in [7, 11) is 0. The molecule has 1 aromatic carbocycles. The van der Waals surface area contributed by atoms with Crippen molar-refractivity contribution in [1.82, 2.24) is 15.0 Å². The van der Waals surface area contributed by atoms with Gasteiger partial charge in [0.25, 0.3) is 0 Å². The third-order valence-electron chi connectivity index (χ3n) is 2.64. The van der Waals surface area contributed by atoms with E-state index in [0.717, 1.165) is 0 Å². The summed E-state index contributed by atoms with van der Waals surface area (Å²) in [6, 6.07) is 7.07. The van der Waals surface area contributed by atoms with Gasteiger partial charge in [-0.1, -0.05) is 11.3 Å². The van der Waals surface area contributed by atoms with Gasteiger partial charge in [0, 0.05) is 5.70 Å². The van der Waals surface area contributed by atoms with Crippen molar-refractivity contribution in [3.05, 3.63) is 29.5 Å². The van der Waals surface area contributed by atoms with Crippen LogP contribution in [-0.2, 0) is 9.53 Å². The fourth-order valence-corrected chi connectivity index (χ4v) is 1.83. The molecule has 102 valence electrons. The number of carbonyl (C=O) groups excluding carboxylic acids is 1. The molecule has 0 aliphatic rings. The van der Waals surface area contributed by atoms with Crippen molar-refractivity contribution >= 4 is 22.7 Å². The summed E-state index contributed by atoms with van der Waals surface area (Å²) in [4.78, 5) is 12.0. The second kappa shape index (κ2) is 5.40. The molecule has 0 unspecified atom stereocenters. The summed E-state index contributed by atoms with van der Waals surface area (Å²) in [6.45, 7) is 3.48. The van der Waals surface area contributed by atoms with Crippen LogP contribution in [0.3, 0.4) is 0 Å². The Morgan fingerprint density at radius 3 is 2.90 bits per heavy atom. The first kappa shape index (κ1) is 13.5. The van der Waals surface area contributed by atoms with Crippen LogP contribution in [0.1, 0.15) is 19.4 Å². The number of benzene rings is 1. The van der Waals surface area contributed by atoms with E-state index in [4.69, 9.17) is 15.7 Å². The smallest absolute Gasteiger partial charge is 0.358 e. The normalized spacial score (nSPS) is 11.8.